The van der Waals surface area contributed by atoms with Crippen molar-refractivity contribution in [1.82, 2.24) is 10.3 Å². The average molecular weight is 257 g/mol. The quantitative estimate of drug-likeness (QED) is 0.797. The van der Waals surface area contributed by atoms with Gasteiger partial charge in [0, 0.05) is 18.8 Å². The maximum absolute atomic E-state index is 11.7. The summed E-state index contributed by atoms with van der Waals surface area (Å²) in [5, 5.41) is 6.10. The highest BCUT2D eigenvalue weighted by molar-refractivity contribution is 5.94. The molecule has 1 aliphatic carbocycles. The van der Waals surface area contributed by atoms with Gasteiger partial charge in [-0.2, -0.15) is 0 Å². The number of hydrogen-bond donors (Lipinski definition) is 2. The van der Waals surface area contributed by atoms with Crippen LogP contribution in [0.25, 0.3) is 0 Å². The Morgan fingerprint density at radius 3 is 3.00 bits per heavy atom. The first-order valence-corrected chi connectivity index (χ1v) is 6.56. The van der Waals surface area contributed by atoms with E-state index < -0.39 is 0 Å². The van der Waals surface area contributed by atoms with Crippen molar-refractivity contribution in [3.05, 3.63) is 48.7 Å². The lowest BCUT2D eigenvalue weighted by Crippen LogP contribution is -2.24. The summed E-state index contributed by atoms with van der Waals surface area (Å²) in [4.78, 5) is 16.0. The number of pyridine rings is 1. The van der Waals surface area contributed by atoms with E-state index >= 15 is 0 Å². The van der Waals surface area contributed by atoms with E-state index in [9.17, 15) is 4.79 Å². The first-order valence-electron chi connectivity index (χ1n) is 6.56. The van der Waals surface area contributed by atoms with Gasteiger partial charge in [-0.1, -0.05) is 18.2 Å². The van der Waals surface area contributed by atoms with E-state index in [0.29, 0.717) is 18.2 Å². The van der Waals surface area contributed by atoms with Gasteiger partial charge in [-0.05, 0) is 31.4 Å². The lowest BCUT2D eigenvalue weighted by atomic mass is 10.0. The second-order valence-electron chi connectivity index (χ2n) is 4.56. The fourth-order valence-corrected chi connectivity index (χ4v) is 2.01. The summed E-state index contributed by atoms with van der Waals surface area (Å²) in [6.45, 7) is 4.03. The summed E-state index contributed by atoms with van der Waals surface area (Å²) in [6.07, 6.45) is 10.9. The molecular formula is C15H19N3O. The Balaban J connectivity index is 1.92. The number of aromatic nitrogens is 1. The molecule has 0 saturated heterocycles. The second kappa shape index (κ2) is 6.73. The minimum atomic E-state index is -0.125. The molecule has 2 N–H and O–H groups in total. The molecule has 0 spiro atoms. The van der Waals surface area contributed by atoms with Gasteiger partial charge in [0.05, 0.1) is 5.56 Å². The van der Waals surface area contributed by atoms with Crippen LogP contribution >= 0.6 is 0 Å². The Morgan fingerprint density at radius 2 is 2.37 bits per heavy atom. The second-order valence-corrected chi connectivity index (χ2v) is 4.56. The van der Waals surface area contributed by atoms with Gasteiger partial charge in [0.15, 0.2) is 0 Å². The van der Waals surface area contributed by atoms with E-state index in [-0.39, 0.29) is 5.91 Å². The van der Waals surface area contributed by atoms with Crippen molar-refractivity contribution in [2.75, 3.05) is 11.9 Å². The van der Waals surface area contributed by atoms with Crippen LogP contribution in [0, 0.1) is 0 Å². The molecule has 4 nitrogen and oxygen atoms in total. The van der Waals surface area contributed by atoms with Gasteiger partial charge in [-0.25, -0.2) is 4.98 Å². The number of rotatable bonds is 5. The van der Waals surface area contributed by atoms with Gasteiger partial charge < -0.3 is 10.6 Å². The van der Waals surface area contributed by atoms with Crippen LogP contribution in [0.15, 0.2) is 43.1 Å². The lowest BCUT2D eigenvalue weighted by Gasteiger charge is -2.19. The average Bonchev–Trinajstić information content (AvgIpc) is 2.46. The van der Waals surface area contributed by atoms with E-state index in [4.69, 9.17) is 0 Å². The highest BCUT2D eigenvalue weighted by Gasteiger charge is 2.10. The molecule has 4 heteroatoms. The van der Waals surface area contributed by atoms with Crippen LogP contribution in [0.3, 0.4) is 0 Å². The molecule has 1 aromatic rings. The van der Waals surface area contributed by atoms with E-state index in [1.165, 1.54) is 0 Å². The Hall–Kier alpha value is -2.10. The molecule has 0 radical (unpaired) electrons. The third-order valence-electron chi connectivity index (χ3n) is 3.05. The first-order chi connectivity index (χ1) is 9.29. The topological polar surface area (TPSA) is 54.0 Å². The fourth-order valence-electron chi connectivity index (χ4n) is 2.01. The SMILES string of the molecule is C=CCNC(=O)c1ccc(NC2CC=CCC2)nc1. The zero-order chi connectivity index (χ0) is 13.5. The predicted molar refractivity (Wildman–Crippen MR) is 77.2 cm³/mol. The summed E-state index contributed by atoms with van der Waals surface area (Å²) >= 11 is 0. The van der Waals surface area contributed by atoms with E-state index in [1.54, 1.807) is 18.3 Å². The smallest absolute Gasteiger partial charge is 0.253 e. The first kappa shape index (κ1) is 13.3. The van der Waals surface area contributed by atoms with Crippen molar-refractivity contribution in [1.29, 1.82) is 0 Å². The third kappa shape index (κ3) is 3.95. The Kier molecular flexibility index (Phi) is 4.72. The normalized spacial score (nSPS) is 17.8. The number of hydrogen-bond acceptors (Lipinski definition) is 3. The number of allylic oxidation sites excluding steroid dienone is 1. The van der Waals surface area contributed by atoms with Crippen molar-refractivity contribution in [2.24, 2.45) is 0 Å². The summed E-state index contributed by atoms with van der Waals surface area (Å²) in [5.74, 6) is 0.695. The van der Waals surface area contributed by atoms with Crippen molar-refractivity contribution in [3.63, 3.8) is 0 Å². The van der Waals surface area contributed by atoms with Gasteiger partial charge in [0.1, 0.15) is 5.82 Å². The zero-order valence-electron chi connectivity index (χ0n) is 10.9. The fraction of sp³-hybridized carbons (Fsp3) is 0.333. The molecule has 1 unspecified atom stereocenters. The number of nitrogens with one attached hydrogen (secondary N) is 2. The van der Waals surface area contributed by atoms with Gasteiger partial charge in [0.25, 0.3) is 5.91 Å². The van der Waals surface area contributed by atoms with E-state index in [0.717, 1.165) is 25.1 Å². The predicted octanol–water partition coefficient (Wildman–Crippen LogP) is 2.52. The Morgan fingerprint density at radius 1 is 1.47 bits per heavy atom. The third-order valence-corrected chi connectivity index (χ3v) is 3.05. The zero-order valence-corrected chi connectivity index (χ0v) is 10.9. The molecule has 1 aromatic heterocycles. The minimum absolute atomic E-state index is 0.125. The Labute approximate surface area is 113 Å². The highest BCUT2D eigenvalue weighted by atomic mass is 16.1. The molecule has 19 heavy (non-hydrogen) atoms. The highest BCUT2D eigenvalue weighted by Crippen LogP contribution is 2.15. The molecule has 2 rings (SSSR count). The number of carbonyl (C=O) groups excluding carboxylic acids is 1. The standard InChI is InChI=1S/C15H19N3O/c1-2-10-16-15(19)12-8-9-14(17-11-12)18-13-6-4-3-5-7-13/h2-4,8-9,11,13H,1,5-7,10H2,(H,16,19)(H,17,18). The van der Waals surface area contributed by atoms with E-state index in [2.05, 4.69) is 34.3 Å². The molecule has 100 valence electrons. The van der Waals surface area contributed by atoms with Crippen molar-refractivity contribution in [3.8, 4) is 0 Å². The monoisotopic (exact) mass is 257 g/mol. The van der Waals surface area contributed by atoms with Crippen LogP contribution in [0.5, 0.6) is 0 Å². The molecular weight excluding hydrogens is 238 g/mol. The molecule has 0 aromatic carbocycles. The molecule has 1 atom stereocenters. The summed E-state index contributed by atoms with van der Waals surface area (Å²) < 4.78 is 0. The summed E-state index contributed by atoms with van der Waals surface area (Å²) in [5.41, 5.74) is 0.566. The maximum Gasteiger partial charge on any atom is 0.253 e. The van der Waals surface area contributed by atoms with Crippen molar-refractivity contribution < 1.29 is 4.79 Å². The number of amides is 1. The molecule has 1 heterocycles. The maximum atomic E-state index is 11.7. The molecule has 0 saturated carbocycles. The van der Waals surface area contributed by atoms with Crippen LogP contribution in [-0.2, 0) is 0 Å². The summed E-state index contributed by atoms with van der Waals surface area (Å²) in [7, 11) is 0. The number of nitrogens with zero attached hydrogens (tertiary/aromatic N) is 1. The van der Waals surface area contributed by atoms with E-state index in [1.807, 2.05) is 6.07 Å². The van der Waals surface area contributed by atoms with Gasteiger partial charge >= 0.3 is 0 Å². The van der Waals surface area contributed by atoms with Crippen molar-refractivity contribution >= 4 is 11.7 Å². The van der Waals surface area contributed by atoms with Crippen LogP contribution in [-0.4, -0.2) is 23.5 Å². The number of anilines is 1. The van der Waals surface area contributed by atoms with Crippen LogP contribution in [0.4, 0.5) is 5.82 Å². The van der Waals surface area contributed by atoms with Crippen LogP contribution in [0.1, 0.15) is 29.6 Å². The van der Waals surface area contributed by atoms with Gasteiger partial charge in [-0.3, -0.25) is 4.79 Å². The largest absolute Gasteiger partial charge is 0.367 e. The lowest BCUT2D eigenvalue weighted by molar-refractivity contribution is 0.0957. The molecule has 1 aliphatic rings. The van der Waals surface area contributed by atoms with Crippen molar-refractivity contribution in [2.45, 2.75) is 25.3 Å². The molecule has 0 bridgehead atoms. The number of carbonyl (C=O) groups is 1. The van der Waals surface area contributed by atoms with Gasteiger partial charge in [0.2, 0.25) is 0 Å². The van der Waals surface area contributed by atoms with Crippen LogP contribution in [0.2, 0.25) is 0 Å². The molecule has 1 amide bonds. The Bertz CT molecular complexity index is 465. The molecule has 0 fully saturated rings. The van der Waals surface area contributed by atoms with Gasteiger partial charge in [-0.15, -0.1) is 6.58 Å². The summed E-state index contributed by atoms with van der Waals surface area (Å²) in [6, 6.07) is 4.08. The minimum Gasteiger partial charge on any atom is -0.367 e. The van der Waals surface area contributed by atoms with Crippen LogP contribution < -0.4 is 10.6 Å². The molecule has 0 aliphatic heterocycles.